The zero-order chi connectivity index (χ0) is 17.5. The Morgan fingerprint density at radius 3 is 2.26 bits per heavy atom. The highest BCUT2D eigenvalue weighted by molar-refractivity contribution is 7.91. The summed E-state index contributed by atoms with van der Waals surface area (Å²) >= 11 is 0. The molecule has 4 nitrogen and oxygen atoms in total. The minimum Gasteiger partial charge on any atom is -0.352 e. The number of hydrogen-bond acceptors (Lipinski definition) is 3. The number of amides is 1. The van der Waals surface area contributed by atoms with Gasteiger partial charge < -0.3 is 5.32 Å². The minimum absolute atomic E-state index is 0.253. The summed E-state index contributed by atoms with van der Waals surface area (Å²) in [6, 6.07) is 4.56. The van der Waals surface area contributed by atoms with Gasteiger partial charge in [0.05, 0.1) is 4.90 Å². The second-order valence-electron chi connectivity index (χ2n) is 5.46. The van der Waals surface area contributed by atoms with Gasteiger partial charge in [0, 0.05) is 12.1 Å². The number of nitrogens with one attached hydrogen (secondary N) is 1. The number of rotatable bonds is 9. The van der Waals surface area contributed by atoms with E-state index in [1.54, 1.807) is 0 Å². The van der Waals surface area contributed by atoms with Crippen LogP contribution in [0.5, 0.6) is 0 Å². The number of unbranched alkanes of at least 4 members (excludes halogenated alkanes) is 1. The van der Waals surface area contributed by atoms with Crippen molar-refractivity contribution < 1.29 is 22.0 Å². The van der Waals surface area contributed by atoms with Crippen molar-refractivity contribution >= 4 is 15.7 Å². The average molecular weight is 347 g/mol. The van der Waals surface area contributed by atoms with Gasteiger partial charge in [-0.2, -0.15) is 8.78 Å². The molecule has 1 N–H and O–H groups in total. The van der Waals surface area contributed by atoms with E-state index in [4.69, 9.17) is 0 Å². The molecule has 1 rings (SSSR count). The van der Waals surface area contributed by atoms with Crippen LogP contribution in [0, 0.1) is 5.92 Å². The zero-order valence-electron chi connectivity index (χ0n) is 13.4. The summed E-state index contributed by atoms with van der Waals surface area (Å²) in [6.45, 7) is 4.73. The van der Waals surface area contributed by atoms with Crippen molar-refractivity contribution in [2.24, 2.45) is 5.92 Å². The van der Waals surface area contributed by atoms with Gasteiger partial charge in [-0.05, 0) is 36.6 Å². The van der Waals surface area contributed by atoms with E-state index < -0.39 is 20.5 Å². The average Bonchev–Trinajstić information content (AvgIpc) is 2.54. The first-order chi connectivity index (χ1) is 10.8. The highest BCUT2D eigenvalue weighted by atomic mass is 32.2. The van der Waals surface area contributed by atoms with Crippen LogP contribution in [0.4, 0.5) is 8.78 Å². The first-order valence-electron chi connectivity index (χ1n) is 7.73. The molecule has 130 valence electrons. The lowest BCUT2D eigenvalue weighted by Gasteiger charge is -2.15. The number of carbonyl (C=O) groups excluding carboxylic acids is 1. The molecule has 1 unspecified atom stereocenters. The number of halogens is 2. The molecule has 0 bridgehead atoms. The van der Waals surface area contributed by atoms with Crippen LogP contribution >= 0.6 is 0 Å². The molecule has 1 atom stereocenters. The predicted molar refractivity (Wildman–Crippen MR) is 85.3 cm³/mol. The molecule has 1 aromatic rings. The van der Waals surface area contributed by atoms with Crippen molar-refractivity contribution in [1.82, 2.24) is 5.32 Å². The lowest BCUT2D eigenvalue weighted by atomic mass is 9.99. The lowest BCUT2D eigenvalue weighted by molar-refractivity contribution is 0.0945. The van der Waals surface area contributed by atoms with Gasteiger partial charge in [-0.1, -0.05) is 33.1 Å². The third-order valence-corrected chi connectivity index (χ3v) is 5.17. The summed E-state index contributed by atoms with van der Waals surface area (Å²) in [7, 11) is -4.62. The standard InChI is InChI=1S/C16H23F2NO3S/c1-3-5-6-12(4-2)11-19-15(20)13-7-9-14(10-8-13)23(21,22)16(17)18/h7-10,12,16H,3-6,11H2,1-2H3,(H,19,20). The van der Waals surface area contributed by atoms with Gasteiger partial charge in [-0.3, -0.25) is 4.79 Å². The summed E-state index contributed by atoms with van der Waals surface area (Å²) in [6.07, 6.45) is 4.21. The van der Waals surface area contributed by atoms with Crippen molar-refractivity contribution in [2.75, 3.05) is 6.54 Å². The fourth-order valence-electron chi connectivity index (χ4n) is 2.18. The van der Waals surface area contributed by atoms with E-state index in [9.17, 15) is 22.0 Å². The lowest BCUT2D eigenvalue weighted by Crippen LogP contribution is -2.29. The number of sulfone groups is 1. The van der Waals surface area contributed by atoms with E-state index in [0.29, 0.717) is 12.5 Å². The molecule has 0 heterocycles. The van der Waals surface area contributed by atoms with Crippen molar-refractivity contribution in [3.05, 3.63) is 29.8 Å². The highest BCUT2D eigenvalue weighted by Gasteiger charge is 2.26. The molecule has 0 fully saturated rings. The van der Waals surface area contributed by atoms with Crippen LogP contribution in [0.25, 0.3) is 0 Å². The predicted octanol–water partition coefficient (Wildman–Crippen LogP) is 3.63. The van der Waals surface area contributed by atoms with E-state index in [1.165, 1.54) is 12.1 Å². The van der Waals surface area contributed by atoms with Crippen molar-refractivity contribution in [2.45, 2.75) is 50.2 Å². The molecule has 0 aliphatic rings. The third kappa shape index (κ3) is 5.57. The smallest absolute Gasteiger partial charge is 0.341 e. The van der Waals surface area contributed by atoms with Crippen LogP contribution in [0.3, 0.4) is 0 Å². The van der Waals surface area contributed by atoms with Gasteiger partial charge in [0.25, 0.3) is 5.91 Å². The van der Waals surface area contributed by atoms with Gasteiger partial charge >= 0.3 is 5.76 Å². The van der Waals surface area contributed by atoms with Crippen LogP contribution in [0.2, 0.25) is 0 Å². The third-order valence-electron chi connectivity index (χ3n) is 3.77. The Balaban J connectivity index is 2.68. The van der Waals surface area contributed by atoms with Crippen LogP contribution in [-0.4, -0.2) is 26.6 Å². The van der Waals surface area contributed by atoms with Crippen molar-refractivity contribution in [3.8, 4) is 0 Å². The van der Waals surface area contributed by atoms with E-state index in [1.807, 2.05) is 0 Å². The normalized spacial score (nSPS) is 13.1. The largest absolute Gasteiger partial charge is 0.352 e. The molecule has 0 aliphatic carbocycles. The van der Waals surface area contributed by atoms with Gasteiger partial charge in [0.2, 0.25) is 9.84 Å². The molecule has 23 heavy (non-hydrogen) atoms. The minimum atomic E-state index is -4.62. The molecule has 0 saturated carbocycles. The molecule has 1 amide bonds. The first-order valence-corrected chi connectivity index (χ1v) is 9.27. The SMILES string of the molecule is CCCCC(CC)CNC(=O)c1ccc(S(=O)(=O)C(F)F)cc1. The topological polar surface area (TPSA) is 63.2 Å². The first kappa shape index (κ1) is 19.5. The van der Waals surface area contributed by atoms with E-state index in [0.717, 1.165) is 37.8 Å². The second-order valence-corrected chi connectivity index (χ2v) is 7.37. The van der Waals surface area contributed by atoms with Crippen LogP contribution < -0.4 is 5.32 Å². The van der Waals surface area contributed by atoms with E-state index >= 15 is 0 Å². The highest BCUT2D eigenvalue weighted by Crippen LogP contribution is 2.18. The number of carbonyl (C=O) groups is 1. The van der Waals surface area contributed by atoms with E-state index in [2.05, 4.69) is 19.2 Å². The molecule has 0 radical (unpaired) electrons. The summed E-state index contributed by atoms with van der Waals surface area (Å²) < 4.78 is 47.5. The molecular weight excluding hydrogens is 324 g/mol. The zero-order valence-corrected chi connectivity index (χ0v) is 14.2. The fourth-order valence-corrected chi connectivity index (χ4v) is 2.90. The number of hydrogen-bond donors (Lipinski definition) is 1. The Kier molecular flexibility index (Phi) is 7.61. The number of alkyl halides is 2. The molecule has 0 saturated heterocycles. The monoisotopic (exact) mass is 347 g/mol. The summed E-state index contributed by atoms with van der Waals surface area (Å²) in [5, 5.41) is 2.80. The Bertz CT molecular complexity index is 600. The van der Waals surface area contributed by atoms with E-state index in [-0.39, 0.29) is 11.5 Å². The summed E-state index contributed by atoms with van der Waals surface area (Å²) in [5.41, 5.74) is 0.253. The second kappa shape index (κ2) is 8.96. The Hall–Kier alpha value is -1.50. The van der Waals surface area contributed by atoms with Crippen LogP contribution in [-0.2, 0) is 9.84 Å². The van der Waals surface area contributed by atoms with Gasteiger partial charge in [0.15, 0.2) is 0 Å². The molecule has 1 aromatic carbocycles. The molecule has 7 heteroatoms. The Labute approximate surface area is 136 Å². The maximum atomic E-state index is 12.4. The maximum absolute atomic E-state index is 12.4. The number of benzene rings is 1. The van der Waals surface area contributed by atoms with Crippen molar-refractivity contribution in [1.29, 1.82) is 0 Å². The quantitative estimate of drug-likeness (QED) is 0.742. The molecule has 0 aromatic heterocycles. The van der Waals surface area contributed by atoms with Gasteiger partial charge in [-0.15, -0.1) is 0 Å². The van der Waals surface area contributed by atoms with Crippen molar-refractivity contribution in [3.63, 3.8) is 0 Å². The van der Waals surface area contributed by atoms with Gasteiger partial charge in [-0.25, -0.2) is 8.42 Å². The Morgan fingerprint density at radius 2 is 1.78 bits per heavy atom. The van der Waals surface area contributed by atoms with Crippen LogP contribution in [0.15, 0.2) is 29.2 Å². The fraction of sp³-hybridized carbons (Fsp3) is 0.562. The molecular formula is C16H23F2NO3S. The maximum Gasteiger partial charge on any atom is 0.341 e. The van der Waals surface area contributed by atoms with Gasteiger partial charge in [0.1, 0.15) is 0 Å². The Morgan fingerprint density at radius 1 is 1.17 bits per heavy atom. The molecule has 0 spiro atoms. The molecule has 0 aliphatic heterocycles. The summed E-state index contributed by atoms with van der Waals surface area (Å²) in [5.74, 6) is -3.40. The summed E-state index contributed by atoms with van der Waals surface area (Å²) in [4.78, 5) is 11.5. The van der Waals surface area contributed by atoms with Crippen LogP contribution in [0.1, 0.15) is 49.9 Å².